The second kappa shape index (κ2) is 8.57. The zero-order valence-corrected chi connectivity index (χ0v) is 14.3. The van der Waals surface area contributed by atoms with Gasteiger partial charge in [0.2, 0.25) is 0 Å². The predicted octanol–water partition coefficient (Wildman–Crippen LogP) is 3.04. The minimum absolute atomic E-state index is 0.127. The van der Waals surface area contributed by atoms with Crippen molar-refractivity contribution in [2.75, 3.05) is 19.7 Å². The van der Waals surface area contributed by atoms with Crippen LogP contribution in [0.1, 0.15) is 44.7 Å². The van der Waals surface area contributed by atoms with Crippen LogP contribution >= 0.6 is 0 Å². The molecule has 1 atom stereocenters. The van der Waals surface area contributed by atoms with Gasteiger partial charge in [0.1, 0.15) is 5.75 Å². The Morgan fingerprint density at radius 1 is 1.29 bits per heavy atom. The number of aliphatic carboxylic acids is 1. The number of carboxylic acids is 1. The number of carbonyl (C=O) groups is 2. The largest absolute Gasteiger partial charge is 0.494 e. The lowest BCUT2D eigenvalue weighted by Crippen LogP contribution is -2.46. The number of urea groups is 1. The molecule has 2 rings (SSSR count). The third-order valence-corrected chi connectivity index (χ3v) is 4.43. The van der Waals surface area contributed by atoms with Crippen molar-refractivity contribution < 1.29 is 19.4 Å². The van der Waals surface area contributed by atoms with Gasteiger partial charge in [-0.3, -0.25) is 4.79 Å². The maximum atomic E-state index is 12.5. The van der Waals surface area contributed by atoms with E-state index in [1.807, 2.05) is 38.1 Å². The number of nitrogens with zero attached hydrogens (tertiary/aromatic N) is 1. The molecule has 6 heteroatoms. The monoisotopic (exact) mass is 334 g/mol. The van der Waals surface area contributed by atoms with E-state index in [9.17, 15) is 9.59 Å². The molecule has 24 heavy (non-hydrogen) atoms. The lowest BCUT2D eigenvalue weighted by atomic mass is 9.97. The summed E-state index contributed by atoms with van der Waals surface area (Å²) in [4.78, 5) is 25.2. The van der Waals surface area contributed by atoms with Crippen LogP contribution in [0.5, 0.6) is 5.75 Å². The number of nitrogens with one attached hydrogen (secondary N) is 1. The van der Waals surface area contributed by atoms with Crippen LogP contribution in [-0.2, 0) is 4.79 Å². The number of hydrogen-bond acceptors (Lipinski definition) is 3. The van der Waals surface area contributed by atoms with Crippen molar-refractivity contribution >= 4 is 12.0 Å². The van der Waals surface area contributed by atoms with E-state index in [0.717, 1.165) is 17.7 Å². The van der Waals surface area contributed by atoms with Gasteiger partial charge < -0.3 is 20.1 Å². The van der Waals surface area contributed by atoms with E-state index in [-0.39, 0.29) is 18.0 Å². The molecule has 2 N–H and O–H groups in total. The summed E-state index contributed by atoms with van der Waals surface area (Å²) in [6.07, 6.45) is 1.77. The number of rotatable bonds is 6. The Kier molecular flexibility index (Phi) is 6.46. The Bertz CT molecular complexity index is 568. The van der Waals surface area contributed by atoms with Crippen LogP contribution in [0.15, 0.2) is 24.3 Å². The van der Waals surface area contributed by atoms with Crippen molar-refractivity contribution in [2.24, 2.45) is 5.92 Å². The Balaban J connectivity index is 2.00. The van der Waals surface area contributed by atoms with E-state index in [0.29, 0.717) is 32.5 Å². The van der Waals surface area contributed by atoms with Gasteiger partial charge in [-0.05, 0) is 32.3 Å². The van der Waals surface area contributed by atoms with Gasteiger partial charge in [-0.1, -0.05) is 25.1 Å². The molecule has 1 fully saturated rings. The van der Waals surface area contributed by atoms with E-state index in [4.69, 9.17) is 9.84 Å². The fourth-order valence-electron chi connectivity index (χ4n) is 3.02. The van der Waals surface area contributed by atoms with Crippen LogP contribution in [0.3, 0.4) is 0 Å². The topological polar surface area (TPSA) is 78.9 Å². The lowest BCUT2D eigenvalue weighted by molar-refractivity contribution is -0.143. The van der Waals surface area contributed by atoms with Crippen molar-refractivity contribution in [2.45, 2.75) is 39.2 Å². The van der Waals surface area contributed by atoms with E-state index in [1.54, 1.807) is 4.90 Å². The standard InChI is InChI=1S/C18H26N2O4/c1-3-15(14-7-5-6-8-16(14)24-4-2)19-18(23)20-11-9-13(10-12-20)17(21)22/h5-8,13,15H,3-4,9-12H2,1-2H3,(H,19,23)(H,21,22). The van der Waals surface area contributed by atoms with Crippen LogP contribution in [0, 0.1) is 5.92 Å². The average molecular weight is 334 g/mol. The average Bonchev–Trinajstić information content (AvgIpc) is 2.60. The Hall–Kier alpha value is -2.24. The molecule has 1 saturated heterocycles. The molecule has 2 amide bonds. The van der Waals surface area contributed by atoms with Gasteiger partial charge in [-0.2, -0.15) is 0 Å². The summed E-state index contributed by atoms with van der Waals surface area (Å²) in [5.41, 5.74) is 0.968. The van der Waals surface area contributed by atoms with Crippen molar-refractivity contribution in [3.8, 4) is 5.75 Å². The van der Waals surface area contributed by atoms with Crippen LogP contribution in [0.4, 0.5) is 4.79 Å². The molecule has 1 aromatic rings. The molecule has 0 radical (unpaired) electrons. The Morgan fingerprint density at radius 3 is 2.54 bits per heavy atom. The van der Waals surface area contributed by atoms with E-state index in [2.05, 4.69) is 5.32 Å². The Labute approximate surface area is 142 Å². The highest BCUT2D eigenvalue weighted by Gasteiger charge is 2.28. The van der Waals surface area contributed by atoms with Gasteiger partial charge in [0.15, 0.2) is 0 Å². The molecule has 0 bridgehead atoms. The van der Waals surface area contributed by atoms with Crippen molar-refractivity contribution in [3.05, 3.63) is 29.8 Å². The quantitative estimate of drug-likeness (QED) is 0.838. The highest BCUT2D eigenvalue weighted by atomic mass is 16.5. The van der Waals surface area contributed by atoms with Crippen LogP contribution in [-0.4, -0.2) is 41.7 Å². The number of piperidine rings is 1. The molecule has 132 valence electrons. The first-order valence-corrected chi connectivity index (χ1v) is 8.56. The van der Waals surface area contributed by atoms with Gasteiger partial charge >= 0.3 is 12.0 Å². The minimum atomic E-state index is -0.771. The molecule has 0 aromatic heterocycles. The molecule has 1 unspecified atom stereocenters. The zero-order valence-electron chi connectivity index (χ0n) is 14.3. The summed E-state index contributed by atoms with van der Waals surface area (Å²) in [6, 6.07) is 7.46. The first-order valence-electron chi connectivity index (χ1n) is 8.56. The zero-order chi connectivity index (χ0) is 17.5. The molecule has 1 aliphatic rings. The fourth-order valence-corrected chi connectivity index (χ4v) is 3.02. The van der Waals surface area contributed by atoms with Gasteiger partial charge in [-0.25, -0.2) is 4.79 Å². The number of amides is 2. The van der Waals surface area contributed by atoms with Crippen LogP contribution in [0.25, 0.3) is 0 Å². The summed E-state index contributed by atoms with van der Waals surface area (Å²) in [7, 11) is 0. The number of benzene rings is 1. The van der Waals surface area contributed by atoms with Crippen molar-refractivity contribution in [1.82, 2.24) is 10.2 Å². The first-order chi connectivity index (χ1) is 11.6. The summed E-state index contributed by atoms with van der Waals surface area (Å²) in [5, 5.41) is 12.1. The first kappa shape index (κ1) is 18.1. The molecule has 1 aromatic carbocycles. The number of carbonyl (C=O) groups excluding carboxylic acids is 1. The number of carboxylic acid groups (broad SMARTS) is 1. The fraction of sp³-hybridized carbons (Fsp3) is 0.556. The maximum Gasteiger partial charge on any atom is 0.317 e. The highest BCUT2D eigenvalue weighted by Crippen LogP contribution is 2.27. The third kappa shape index (κ3) is 4.40. The van der Waals surface area contributed by atoms with Crippen molar-refractivity contribution in [1.29, 1.82) is 0 Å². The second-order valence-corrected chi connectivity index (χ2v) is 5.98. The molecule has 0 spiro atoms. The van der Waals surface area contributed by atoms with Gasteiger partial charge in [-0.15, -0.1) is 0 Å². The molecule has 0 saturated carbocycles. The smallest absolute Gasteiger partial charge is 0.317 e. The van der Waals surface area contributed by atoms with Crippen LogP contribution in [0.2, 0.25) is 0 Å². The van der Waals surface area contributed by atoms with E-state index in [1.165, 1.54) is 0 Å². The summed E-state index contributed by atoms with van der Waals surface area (Å²) >= 11 is 0. The molecule has 1 heterocycles. The predicted molar refractivity (Wildman–Crippen MR) is 91.1 cm³/mol. The van der Waals surface area contributed by atoms with Crippen LogP contribution < -0.4 is 10.1 Å². The molecule has 1 aliphatic heterocycles. The van der Waals surface area contributed by atoms with Gasteiger partial charge in [0.25, 0.3) is 0 Å². The van der Waals surface area contributed by atoms with E-state index >= 15 is 0 Å². The number of para-hydroxylation sites is 1. The van der Waals surface area contributed by atoms with Gasteiger partial charge in [0.05, 0.1) is 18.6 Å². The summed E-state index contributed by atoms with van der Waals surface area (Å²) in [6.45, 7) is 5.48. The number of ether oxygens (including phenoxy) is 1. The van der Waals surface area contributed by atoms with E-state index < -0.39 is 5.97 Å². The molecule has 6 nitrogen and oxygen atoms in total. The SMILES string of the molecule is CCOc1ccccc1C(CC)NC(=O)N1CCC(C(=O)O)CC1. The molecule has 0 aliphatic carbocycles. The normalized spacial score (nSPS) is 16.5. The third-order valence-electron chi connectivity index (χ3n) is 4.43. The second-order valence-electron chi connectivity index (χ2n) is 5.98. The van der Waals surface area contributed by atoms with Crippen molar-refractivity contribution in [3.63, 3.8) is 0 Å². The highest BCUT2D eigenvalue weighted by molar-refractivity contribution is 5.76. The molecular formula is C18H26N2O4. The Morgan fingerprint density at radius 2 is 1.96 bits per heavy atom. The summed E-state index contributed by atoms with van der Waals surface area (Å²) < 4.78 is 5.66. The lowest BCUT2D eigenvalue weighted by Gasteiger charge is -2.32. The molecular weight excluding hydrogens is 308 g/mol. The maximum absolute atomic E-state index is 12.5. The number of hydrogen-bond donors (Lipinski definition) is 2. The number of likely N-dealkylation sites (tertiary alicyclic amines) is 1. The van der Waals surface area contributed by atoms with Gasteiger partial charge in [0, 0.05) is 18.7 Å². The summed E-state index contributed by atoms with van der Waals surface area (Å²) in [5.74, 6) is -0.321. The minimum Gasteiger partial charge on any atom is -0.494 e.